The summed E-state index contributed by atoms with van der Waals surface area (Å²) in [6.07, 6.45) is -4.69. The molecule has 0 unspecified atom stereocenters. The molecule has 4 aromatic rings. The summed E-state index contributed by atoms with van der Waals surface area (Å²) in [6.45, 7) is -0.577. The highest BCUT2D eigenvalue weighted by atomic mass is 32.2. The minimum Gasteiger partial charge on any atom is -0.364 e. The fourth-order valence-electron chi connectivity index (χ4n) is 3.06. The van der Waals surface area contributed by atoms with E-state index in [-0.39, 0.29) is 38.4 Å². The number of nitrogens with zero attached hydrogens (tertiary/aromatic N) is 3. The van der Waals surface area contributed by atoms with Gasteiger partial charge in [-0.3, -0.25) is 14.9 Å². The lowest BCUT2D eigenvalue weighted by Crippen LogP contribution is -2.34. The Morgan fingerprint density at radius 3 is 2.10 bits per heavy atom. The molecular formula is C24H18F3N5O5S2. The summed E-state index contributed by atoms with van der Waals surface area (Å²) in [7, 11) is -4.24. The molecule has 0 radical (unpaired) electrons. The van der Waals surface area contributed by atoms with Gasteiger partial charge >= 0.3 is 6.18 Å². The first-order valence-corrected chi connectivity index (χ1v) is 13.2. The minimum absolute atomic E-state index is 0.0345. The van der Waals surface area contributed by atoms with Crippen LogP contribution in [0.2, 0.25) is 0 Å². The van der Waals surface area contributed by atoms with Gasteiger partial charge in [0.05, 0.1) is 17.1 Å². The average Bonchev–Trinajstić information content (AvgIpc) is 3.40. The van der Waals surface area contributed by atoms with Gasteiger partial charge < -0.3 is 10.2 Å². The Morgan fingerprint density at radius 2 is 1.51 bits per heavy atom. The van der Waals surface area contributed by atoms with E-state index < -0.39 is 39.6 Å². The van der Waals surface area contributed by atoms with E-state index in [1.165, 1.54) is 24.3 Å². The Kier molecular flexibility index (Phi) is 8.11. The smallest absolute Gasteiger partial charge is 0.364 e. The molecule has 1 aromatic heterocycles. The standard InChI is InChI=1S/C24H18F3N5O5S2/c25-24(26,27)22-30-31-23(38-22)29-20(33)15-28-21(34)16-11-13-19(14-12-16)39(35,36)32(17-7-3-1-4-8-17)37-18-9-5-2-6-10-18/h1-14H,15H2,(H,28,34)(H,29,31,33). The van der Waals surface area contributed by atoms with Crippen LogP contribution in [0.5, 0.6) is 5.75 Å². The zero-order valence-corrected chi connectivity index (χ0v) is 21.3. The Labute approximate surface area is 224 Å². The lowest BCUT2D eigenvalue weighted by molar-refractivity contribution is -0.138. The van der Waals surface area contributed by atoms with E-state index in [0.717, 1.165) is 4.47 Å². The van der Waals surface area contributed by atoms with Crippen LogP contribution in [-0.2, 0) is 21.0 Å². The molecule has 0 aliphatic heterocycles. The Morgan fingerprint density at radius 1 is 0.897 bits per heavy atom. The number of para-hydroxylation sites is 2. The number of benzene rings is 3. The second kappa shape index (κ2) is 11.5. The van der Waals surface area contributed by atoms with Gasteiger partial charge in [0, 0.05) is 5.56 Å². The van der Waals surface area contributed by atoms with Gasteiger partial charge in [-0.05, 0) is 48.5 Å². The first-order chi connectivity index (χ1) is 18.5. The second-order valence-electron chi connectivity index (χ2n) is 7.64. The molecular weight excluding hydrogens is 559 g/mol. The molecule has 4 rings (SSSR count). The monoisotopic (exact) mass is 577 g/mol. The van der Waals surface area contributed by atoms with Crippen LogP contribution in [0.25, 0.3) is 0 Å². The van der Waals surface area contributed by atoms with Crippen molar-refractivity contribution in [3.63, 3.8) is 0 Å². The summed E-state index contributed by atoms with van der Waals surface area (Å²) in [5, 5.41) is 8.98. The number of nitrogens with one attached hydrogen (secondary N) is 2. The third kappa shape index (κ3) is 6.88. The SMILES string of the molecule is O=C(CNC(=O)c1ccc(S(=O)(=O)N(Oc2ccccc2)c2ccccc2)cc1)Nc1nnc(C(F)(F)F)s1. The van der Waals surface area contributed by atoms with Crippen molar-refractivity contribution in [1.29, 1.82) is 0 Å². The summed E-state index contributed by atoms with van der Waals surface area (Å²) in [4.78, 5) is 29.9. The number of carbonyl (C=O) groups is 2. The Hall–Kier alpha value is -4.50. The third-order valence-corrected chi connectivity index (χ3v) is 7.33. The molecule has 0 atom stereocenters. The van der Waals surface area contributed by atoms with Gasteiger partial charge in [-0.25, -0.2) is 0 Å². The molecule has 10 nitrogen and oxygen atoms in total. The van der Waals surface area contributed by atoms with Crippen LogP contribution in [0.1, 0.15) is 15.4 Å². The highest BCUT2D eigenvalue weighted by Gasteiger charge is 2.36. The quantitative estimate of drug-likeness (QED) is 0.286. The predicted octanol–water partition coefficient (Wildman–Crippen LogP) is 4.11. The van der Waals surface area contributed by atoms with Gasteiger partial charge in [-0.15, -0.1) is 10.2 Å². The predicted molar refractivity (Wildman–Crippen MR) is 135 cm³/mol. The van der Waals surface area contributed by atoms with Crippen LogP contribution in [0.15, 0.2) is 89.8 Å². The van der Waals surface area contributed by atoms with Crippen LogP contribution in [0.3, 0.4) is 0 Å². The van der Waals surface area contributed by atoms with Crippen molar-refractivity contribution in [2.24, 2.45) is 0 Å². The molecule has 2 amide bonds. The molecule has 15 heteroatoms. The van der Waals surface area contributed by atoms with Gasteiger partial charge in [-0.1, -0.05) is 52.2 Å². The van der Waals surface area contributed by atoms with Crippen molar-refractivity contribution >= 4 is 44.0 Å². The lowest BCUT2D eigenvalue weighted by Gasteiger charge is -2.24. The maximum Gasteiger partial charge on any atom is 0.445 e. The molecule has 0 saturated carbocycles. The van der Waals surface area contributed by atoms with Crippen LogP contribution in [0, 0.1) is 0 Å². The van der Waals surface area contributed by atoms with Crippen molar-refractivity contribution in [3.05, 3.63) is 95.5 Å². The number of rotatable bonds is 9. The molecule has 0 spiro atoms. The first-order valence-electron chi connectivity index (χ1n) is 11.0. The molecule has 0 bridgehead atoms. The number of halogens is 3. The fourth-order valence-corrected chi connectivity index (χ4v) is 4.94. The molecule has 2 N–H and O–H groups in total. The first kappa shape index (κ1) is 27.5. The van der Waals surface area contributed by atoms with E-state index in [4.69, 9.17) is 4.84 Å². The fraction of sp³-hybridized carbons (Fsp3) is 0.0833. The molecule has 0 saturated heterocycles. The average molecular weight is 578 g/mol. The van der Waals surface area contributed by atoms with Crippen molar-refractivity contribution in [3.8, 4) is 5.75 Å². The van der Waals surface area contributed by atoms with E-state index in [9.17, 15) is 31.2 Å². The largest absolute Gasteiger partial charge is 0.445 e. The number of amides is 2. The molecule has 0 fully saturated rings. The molecule has 0 aliphatic rings. The normalized spacial score (nSPS) is 11.5. The number of alkyl halides is 3. The molecule has 39 heavy (non-hydrogen) atoms. The maximum absolute atomic E-state index is 13.4. The molecule has 1 heterocycles. The number of aromatic nitrogens is 2. The van der Waals surface area contributed by atoms with Gasteiger partial charge in [0.25, 0.3) is 15.9 Å². The zero-order chi connectivity index (χ0) is 28.0. The van der Waals surface area contributed by atoms with Crippen LogP contribution < -0.4 is 19.9 Å². The number of hydrogen-bond acceptors (Lipinski definition) is 8. The van der Waals surface area contributed by atoms with Gasteiger partial charge in [0.1, 0.15) is 0 Å². The number of sulfonamides is 1. The summed E-state index contributed by atoms with van der Waals surface area (Å²) in [5.41, 5.74) is 0.277. The number of anilines is 2. The van der Waals surface area contributed by atoms with E-state index in [0.29, 0.717) is 0 Å². The van der Waals surface area contributed by atoms with Crippen molar-refractivity contribution in [1.82, 2.24) is 15.5 Å². The van der Waals surface area contributed by atoms with Crippen molar-refractivity contribution in [2.75, 3.05) is 16.3 Å². The van der Waals surface area contributed by atoms with E-state index in [1.54, 1.807) is 60.7 Å². The summed E-state index contributed by atoms with van der Waals surface area (Å²) in [6, 6.07) is 21.3. The summed E-state index contributed by atoms with van der Waals surface area (Å²) in [5.74, 6) is -1.27. The second-order valence-corrected chi connectivity index (χ2v) is 10.4. The van der Waals surface area contributed by atoms with E-state index in [2.05, 4.69) is 20.8 Å². The number of carbonyl (C=O) groups excluding carboxylic acids is 2. The van der Waals surface area contributed by atoms with E-state index in [1.807, 2.05) is 0 Å². The topological polar surface area (TPSA) is 131 Å². The van der Waals surface area contributed by atoms with Crippen LogP contribution in [-0.4, -0.2) is 37.0 Å². The Balaban J connectivity index is 1.43. The number of hydrogen-bond donors (Lipinski definition) is 2. The summed E-state index contributed by atoms with van der Waals surface area (Å²) >= 11 is 0.141. The highest BCUT2D eigenvalue weighted by molar-refractivity contribution is 7.92. The molecule has 3 aromatic carbocycles. The molecule has 0 aliphatic carbocycles. The van der Waals surface area contributed by atoms with Crippen molar-refractivity contribution < 1.29 is 36.0 Å². The zero-order valence-electron chi connectivity index (χ0n) is 19.6. The van der Waals surface area contributed by atoms with Gasteiger partial charge in [-0.2, -0.15) is 21.6 Å². The maximum atomic E-state index is 13.4. The highest BCUT2D eigenvalue weighted by Crippen LogP contribution is 2.33. The van der Waals surface area contributed by atoms with E-state index >= 15 is 0 Å². The van der Waals surface area contributed by atoms with Crippen LogP contribution >= 0.6 is 11.3 Å². The molecule has 202 valence electrons. The lowest BCUT2D eigenvalue weighted by atomic mass is 10.2. The van der Waals surface area contributed by atoms with Gasteiger partial charge in [0.2, 0.25) is 16.0 Å². The van der Waals surface area contributed by atoms with Gasteiger partial charge in [0.15, 0.2) is 5.75 Å². The minimum atomic E-state index is -4.69. The van der Waals surface area contributed by atoms with Crippen LogP contribution in [0.4, 0.5) is 24.0 Å². The van der Waals surface area contributed by atoms with Crippen molar-refractivity contribution in [2.45, 2.75) is 11.1 Å². The Bertz CT molecular complexity index is 1550. The summed E-state index contributed by atoms with van der Waals surface area (Å²) < 4.78 is 65.4. The third-order valence-electron chi connectivity index (χ3n) is 4.85.